The molecule has 1 amide bonds. The van der Waals surface area contributed by atoms with E-state index in [1.54, 1.807) is 0 Å². The molecule has 1 N–H and O–H groups in total. The zero-order chi connectivity index (χ0) is 11.2. The van der Waals surface area contributed by atoms with E-state index in [0.29, 0.717) is 11.8 Å². The van der Waals surface area contributed by atoms with Gasteiger partial charge in [0, 0.05) is 25.6 Å². The first-order valence-electron chi connectivity index (χ1n) is 6.68. The first-order valence-corrected chi connectivity index (χ1v) is 6.68. The molecule has 0 aromatic heterocycles. The second kappa shape index (κ2) is 6.24. The van der Waals surface area contributed by atoms with E-state index in [4.69, 9.17) is 0 Å². The lowest BCUT2D eigenvalue weighted by molar-refractivity contribution is -0.125. The summed E-state index contributed by atoms with van der Waals surface area (Å²) in [6.07, 6.45) is 9.50. The molecule has 2 fully saturated rings. The van der Waals surface area contributed by atoms with Gasteiger partial charge in [-0.25, -0.2) is 0 Å². The number of amides is 1. The molecule has 1 saturated heterocycles. The van der Waals surface area contributed by atoms with Crippen LogP contribution in [0.3, 0.4) is 0 Å². The molecule has 3 nitrogen and oxygen atoms in total. The standard InChI is InChI=1S/C13H23N2O/c16-13(12-6-2-1-3-7-12)14-8-11-15-9-4-5-10-15/h4,12H,1-3,5-11H2,(H,14,16). The van der Waals surface area contributed by atoms with Crippen molar-refractivity contribution in [2.45, 2.75) is 38.5 Å². The van der Waals surface area contributed by atoms with E-state index in [-0.39, 0.29) is 0 Å². The van der Waals surface area contributed by atoms with Gasteiger partial charge >= 0.3 is 0 Å². The van der Waals surface area contributed by atoms with Gasteiger partial charge in [-0.05, 0) is 32.2 Å². The second-order valence-corrected chi connectivity index (χ2v) is 5.00. The Morgan fingerprint density at radius 3 is 2.81 bits per heavy atom. The third-order valence-corrected chi connectivity index (χ3v) is 3.74. The third-order valence-electron chi connectivity index (χ3n) is 3.74. The minimum absolute atomic E-state index is 0.294. The molecule has 1 saturated carbocycles. The van der Waals surface area contributed by atoms with Crippen LogP contribution < -0.4 is 5.32 Å². The number of hydrogen-bond acceptors (Lipinski definition) is 2. The molecule has 1 radical (unpaired) electrons. The summed E-state index contributed by atoms with van der Waals surface area (Å²) in [6.45, 7) is 4.09. The fraction of sp³-hybridized carbons (Fsp3) is 0.846. The number of hydrogen-bond donors (Lipinski definition) is 1. The monoisotopic (exact) mass is 223 g/mol. The van der Waals surface area contributed by atoms with Crippen LogP contribution in [0.5, 0.6) is 0 Å². The fourth-order valence-electron chi connectivity index (χ4n) is 2.69. The third kappa shape index (κ3) is 3.48. The van der Waals surface area contributed by atoms with Crippen molar-refractivity contribution in [3.05, 3.63) is 6.42 Å². The Balaban J connectivity index is 1.59. The Bertz CT molecular complexity index is 218. The first-order chi connectivity index (χ1) is 7.86. The SMILES string of the molecule is O=C(NCCN1C[CH]CC1)C1CCCCC1. The van der Waals surface area contributed by atoms with Crippen LogP contribution in [0.25, 0.3) is 0 Å². The number of nitrogens with zero attached hydrogens (tertiary/aromatic N) is 1. The van der Waals surface area contributed by atoms with Crippen LogP contribution in [0.15, 0.2) is 0 Å². The van der Waals surface area contributed by atoms with Gasteiger partial charge in [0.25, 0.3) is 0 Å². The number of rotatable bonds is 4. The molecule has 16 heavy (non-hydrogen) atoms. The minimum atomic E-state index is 0.294. The predicted molar refractivity (Wildman–Crippen MR) is 64.9 cm³/mol. The molecule has 0 atom stereocenters. The minimum Gasteiger partial charge on any atom is -0.355 e. The van der Waals surface area contributed by atoms with E-state index in [1.165, 1.54) is 32.2 Å². The van der Waals surface area contributed by atoms with Gasteiger partial charge in [-0.1, -0.05) is 19.3 Å². The van der Waals surface area contributed by atoms with Crippen LogP contribution in [-0.4, -0.2) is 37.0 Å². The van der Waals surface area contributed by atoms with Crippen LogP contribution in [0.2, 0.25) is 0 Å². The molecule has 91 valence electrons. The molecular formula is C13H23N2O. The van der Waals surface area contributed by atoms with Gasteiger partial charge in [0.1, 0.15) is 0 Å². The highest BCUT2D eigenvalue weighted by atomic mass is 16.1. The highest BCUT2D eigenvalue weighted by Crippen LogP contribution is 2.23. The van der Waals surface area contributed by atoms with Gasteiger partial charge in [-0.15, -0.1) is 0 Å². The molecule has 3 heteroatoms. The van der Waals surface area contributed by atoms with Crippen LogP contribution in [0.4, 0.5) is 0 Å². The van der Waals surface area contributed by atoms with Crippen molar-refractivity contribution in [1.82, 2.24) is 10.2 Å². The summed E-state index contributed by atoms with van der Waals surface area (Å²) in [5.41, 5.74) is 0. The molecule has 1 heterocycles. The maximum Gasteiger partial charge on any atom is 0.223 e. The lowest BCUT2D eigenvalue weighted by Gasteiger charge is -2.21. The van der Waals surface area contributed by atoms with Crippen molar-refractivity contribution in [2.75, 3.05) is 26.2 Å². The molecule has 0 bridgehead atoms. The Morgan fingerprint density at radius 2 is 2.12 bits per heavy atom. The van der Waals surface area contributed by atoms with E-state index in [2.05, 4.69) is 16.6 Å². The van der Waals surface area contributed by atoms with Crippen molar-refractivity contribution in [2.24, 2.45) is 5.92 Å². The summed E-state index contributed by atoms with van der Waals surface area (Å²) < 4.78 is 0. The molecular weight excluding hydrogens is 200 g/mol. The van der Waals surface area contributed by atoms with E-state index in [9.17, 15) is 4.79 Å². The largest absolute Gasteiger partial charge is 0.355 e. The smallest absolute Gasteiger partial charge is 0.223 e. The van der Waals surface area contributed by atoms with Gasteiger partial charge in [0.2, 0.25) is 5.91 Å². The second-order valence-electron chi connectivity index (χ2n) is 5.00. The average molecular weight is 223 g/mol. The quantitative estimate of drug-likeness (QED) is 0.785. The summed E-state index contributed by atoms with van der Waals surface area (Å²) >= 11 is 0. The Labute approximate surface area is 98.6 Å². The molecule has 1 aliphatic heterocycles. The summed E-state index contributed by atoms with van der Waals surface area (Å²) in [4.78, 5) is 14.2. The molecule has 0 aromatic rings. The van der Waals surface area contributed by atoms with Gasteiger partial charge in [-0.3, -0.25) is 4.79 Å². The fourth-order valence-corrected chi connectivity index (χ4v) is 2.69. The highest BCUT2D eigenvalue weighted by molar-refractivity contribution is 5.78. The van der Waals surface area contributed by atoms with Crippen molar-refractivity contribution in [3.63, 3.8) is 0 Å². The normalized spacial score (nSPS) is 23.5. The van der Waals surface area contributed by atoms with Gasteiger partial charge < -0.3 is 10.2 Å². The Kier molecular flexibility index (Phi) is 4.64. The number of carbonyl (C=O) groups excluding carboxylic acids is 1. The van der Waals surface area contributed by atoms with Gasteiger partial charge in [0.05, 0.1) is 0 Å². The molecule has 2 aliphatic rings. The number of carbonyl (C=O) groups is 1. The van der Waals surface area contributed by atoms with Crippen LogP contribution in [-0.2, 0) is 4.79 Å². The predicted octanol–water partition coefficient (Wildman–Crippen LogP) is 1.59. The van der Waals surface area contributed by atoms with Crippen LogP contribution >= 0.6 is 0 Å². The van der Waals surface area contributed by atoms with Crippen molar-refractivity contribution in [1.29, 1.82) is 0 Å². The number of likely N-dealkylation sites (tertiary alicyclic amines) is 1. The highest BCUT2D eigenvalue weighted by Gasteiger charge is 2.20. The van der Waals surface area contributed by atoms with E-state index in [1.807, 2.05) is 0 Å². The zero-order valence-electron chi connectivity index (χ0n) is 10.1. The summed E-state index contributed by atoms with van der Waals surface area (Å²) in [7, 11) is 0. The summed E-state index contributed by atoms with van der Waals surface area (Å²) in [5, 5.41) is 3.08. The Hall–Kier alpha value is -0.570. The van der Waals surface area contributed by atoms with Crippen LogP contribution in [0, 0.1) is 12.3 Å². The van der Waals surface area contributed by atoms with Crippen molar-refractivity contribution in [3.8, 4) is 0 Å². The van der Waals surface area contributed by atoms with Crippen molar-refractivity contribution < 1.29 is 4.79 Å². The maximum atomic E-state index is 11.8. The summed E-state index contributed by atoms with van der Waals surface area (Å²) in [5.74, 6) is 0.599. The number of nitrogens with one attached hydrogen (secondary N) is 1. The van der Waals surface area contributed by atoms with E-state index < -0.39 is 0 Å². The van der Waals surface area contributed by atoms with E-state index in [0.717, 1.165) is 32.5 Å². The molecule has 2 rings (SSSR count). The maximum absolute atomic E-state index is 11.8. The molecule has 0 spiro atoms. The van der Waals surface area contributed by atoms with E-state index >= 15 is 0 Å². The van der Waals surface area contributed by atoms with Gasteiger partial charge in [0.15, 0.2) is 0 Å². The first kappa shape index (κ1) is 11.9. The lowest BCUT2D eigenvalue weighted by atomic mass is 9.89. The lowest BCUT2D eigenvalue weighted by Crippen LogP contribution is -2.37. The molecule has 0 aromatic carbocycles. The Morgan fingerprint density at radius 1 is 1.31 bits per heavy atom. The zero-order valence-corrected chi connectivity index (χ0v) is 10.1. The van der Waals surface area contributed by atoms with Crippen LogP contribution in [0.1, 0.15) is 38.5 Å². The summed E-state index contributed by atoms with van der Waals surface area (Å²) in [6, 6.07) is 0. The molecule has 0 unspecified atom stereocenters. The molecule has 1 aliphatic carbocycles. The average Bonchev–Trinajstić information content (AvgIpc) is 2.83. The van der Waals surface area contributed by atoms with Gasteiger partial charge in [-0.2, -0.15) is 0 Å². The topological polar surface area (TPSA) is 32.3 Å². The van der Waals surface area contributed by atoms with Crippen molar-refractivity contribution >= 4 is 5.91 Å².